The van der Waals surface area contributed by atoms with Crippen molar-refractivity contribution in [2.45, 2.75) is 25.7 Å². The predicted molar refractivity (Wildman–Crippen MR) is 60.3 cm³/mol. The van der Waals surface area contributed by atoms with Crippen molar-refractivity contribution in [1.29, 1.82) is 0 Å². The van der Waals surface area contributed by atoms with Gasteiger partial charge in [0.25, 0.3) is 0 Å². The fourth-order valence-corrected chi connectivity index (χ4v) is 2.10. The molecule has 0 amide bonds. The molecule has 1 N–H and O–H groups in total. The third kappa shape index (κ3) is 1.37. The van der Waals surface area contributed by atoms with Gasteiger partial charge in [-0.1, -0.05) is 12.1 Å². The van der Waals surface area contributed by atoms with Crippen molar-refractivity contribution in [3.63, 3.8) is 0 Å². The van der Waals surface area contributed by atoms with E-state index in [0.717, 1.165) is 16.5 Å². The maximum absolute atomic E-state index is 11.4. The van der Waals surface area contributed by atoms with Gasteiger partial charge in [0.2, 0.25) is 0 Å². The Morgan fingerprint density at radius 3 is 2.87 bits per heavy atom. The highest BCUT2D eigenvalue weighted by Crippen LogP contribution is 2.40. The molecule has 0 aliphatic heterocycles. The van der Waals surface area contributed by atoms with Gasteiger partial charge in [-0.05, 0) is 37.8 Å². The second kappa shape index (κ2) is 2.96. The Kier molecular flexibility index (Phi) is 1.72. The van der Waals surface area contributed by atoms with Crippen molar-refractivity contribution >= 4 is 16.7 Å². The number of aromatic nitrogens is 1. The lowest BCUT2D eigenvalue weighted by Crippen LogP contribution is -1.91. The Labute approximate surface area is 88.3 Å². The van der Waals surface area contributed by atoms with E-state index in [0.29, 0.717) is 5.92 Å². The smallest absolute Gasteiger partial charge is 0.160 e. The van der Waals surface area contributed by atoms with Crippen LogP contribution in [-0.4, -0.2) is 10.8 Å². The van der Waals surface area contributed by atoms with E-state index in [1.54, 1.807) is 6.92 Å². The summed E-state index contributed by atoms with van der Waals surface area (Å²) < 4.78 is 0. The highest BCUT2D eigenvalue weighted by molar-refractivity contribution is 6.06. The number of benzene rings is 1. The van der Waals surface area contributed by atoms with Gasteiger partial charge in [0.05, 0.1) is 0 Å². The molecule has 0 spiro atoms. The van der Waals surface area contributed by atoms with Gasteiger partial charge in [0, 0.05) is 22.2 Å². The number of ketones is 1. The number of Topliss-reactive ketones (excluding diaryl/α,β-unsaturated/α-hetero) is 1. The summed E-state index contributed by atoms with van der Waals surface area (Å²) >= 11 is 0. The molecule has 1 fully saturated rings. The van der Waals surface area contributed by atoms with Crippen LogP contribution >= 0.6 is 0 Å². The number of carbonyl (C=O) groups is 1. The predicted octanol–water partition coefficient (Wildman–Crippen LogP) is 3.25. The Hall–Kier alpha value is -1.57. The first-order valence-electron chi connectivity index (χ1n) is 5.38. The van der Waals surface area contributed by atoms with Crippen molar-refractivity contribution in [2.24, 2.45) is 0 Å². The molecule has 0 saturated heterocycles. The summed E-state index contributed by atoms with van der Waals surface area (Å²) in [5, 5.41) is 1.08. The minimum Gasteiger partial charge on any atom is -0.358 e. The van der Waals surface area contributed by atoms with E-state index >= 15 is 0 Å². The number of H-pyrrole nitrogens is 1. The fraction of sp³-hybridized carbons (Fsp3) is 0.308. The van der Waals surface area contributed by atoms with Crippen LogP contribution in [0.4, 0.5) is 0 Å². The molecule has 2 heteroatoms. The topological polar surface area (TPSA) is 32.9 Å². The lowest BCUT2D eigenvalue weighted by molar-refractivity contribution is 0.101. The Bertz CT molecular complexity index is 534. The number of hydrogen-bond donors (Lipinski definition) is 1. The second-order valence-corrected chi connectivity index (χ2v) is 4.32. The maximum atomic E-state index is 11.4. The summed E-state index contributed by atoms with van der Waals surface area (Å²) in [6.07, 6.45) is 2.56. The highest BCUT2D eigenvalue weighted by atomic mass is 16.1. The van der Waals surface area contributed by atoms with Crippen molar-refractivity contribution in [1.82, 2.24) is 4.98 Å². The van der Waals surface area contributed by atoms with Crippen molar-refractivity contribution in [3.05, 3.63) is 35.5 Å². The van der Waals surface area contributed by atoms with E-state index in [4.69, 9.17) is 0 Å². The number of fused-ring (bicyclic) bond motifs is 1. The molecule has 76 valence electrons. The van der Waals surface area contributed by atoms with Crippen molar-refractivity contribution < 1.29 is 4.79 Å². The van der Waals surface area contributed by atoms with E-state index in [1.165, 1.54) is 18.5 Å². The van der Waals surface area contributed by atoms with Crippen molar-refractivity contribution in [3.8, 4) is 0 Å². The molecule has 3 rings (SSSR count). The van der Waals surface area contributed by atoms with Crippen LogP contribution in [-0.2, 0) is 0 Å². The van der Waals surface area contributed by atoms with Crippen LogP contribution in [0.3, 0.4) is 0 Å². The van der Waals surface area contributed by atoms with Crippen LogP contribution in [0.5, 0.6) is 0 Å². The summed E-state index contributed by atoms with van der Waals surface area (Å²) in [5.41, 5.74) is 3.21. The molecular weight excluding hydrogens is 186 g/mol. The molecule has 0 radical (unpaired) electrons. The SMILES string of the molecule is CC(=O)c1cccc2[nH]c(C3CC3)cc12. The first kappa shape index (κ1) is 8.72. The molecule has 1 saturated carbocycles. The van der Waals surface area contributed by atoms with Gasteiger partial charge in [-0.2, -0.15) is 0 Å². The Morgan fingerprint density at radius 1 is 1.40 bits per heavy atom. The van der Waals surface area contributed by atoms with Crippen molar-refractivity contribution in [2.75, 3.05) is 0 Å². The number of nitrogens with one attached hydrogen (secondary N) is 1. The molecule has 0 unspecified atom stereocenters. The van der Waals surface area contributed by atoms with Crippen LogP contribution in [0.15, 0.2) is 24.3 Å². The summed E-state index contributed by atoms with van der Waals surface area (Å²) in [4.78, 5) is 14.8. The standard InChI is InChI=1S/C13H13NO/c1-8(15)10-3-2-4-12-11(10)7-13(14-12)9-5-6-9/h2-4,7,9,14H,5-6H2,1H3. The summed E-state index contributed by atoms with van der Waals surface area (Å²) in [6, 6.07) is 8.01. The monoisotopic (exact) mass is 199 g/mol. The van der Waals surface area contributed by atoms with E-state index < -0.39 is 0 Å². The number of aromatic amines is 1. The molecule has 0 bridgehead atoms. The molecule has 1 aliphatic carbocycles. The van der Waals surface area contributed by atoms with E-state index in [-0.39, 0.29) is 5.78 Å². The fourth-order valence-electron chi connectivity index (χ4n) is 2.10. The Morgan fingerprint density at radius 2 is 2.20 bits per heavy atom. The summed E-state index contributed by atoms with van der Waals surface area (Å²) in [6.45, 7) is 1.62. The molecule has 2 nitrogen and oxygen atoms in total. The Balaban J connectivity index is 2.23. The van der Waals surface area contributed by atoms with Gasteiger partial charge < -0.3 is 4.98 Å². The zero-order valence-electron chi connectivity index (χ0n) is 8.71. The first-order valence-corrected chi connectivity index (χ1v) is 5.38. The summed E-state index contributed by atoms with van der Waals surface area (Å²) in [7, 11) is 0. The molecule has 1 aromatic heterocycles. The van der Waals surface area contributed by atoms with Crippen LogP contribution in [0.25, 0.3) is 10.9 Å². The van der Waals surface area contributed by atoms with Crippen LogP contribution in [0, 0.1) is 0 Å². The van der Waals surface area contributed by atoms with Crippen LogP contribution in [0.2, 0.25) is 0 Å². The zero-order chi connectivity index (χ0) is 10.4. The van der Waals surface area contributed by atoms with Gasteiger partial charge in [0.15, 0.2) is 5.78 Å². The number of carbonyl (C=O) groups excluding carboxylic acids is 1. The number of hydrogen-bond acceptors (Lipinski definition) is 1. The largest absolute Gasteiger partial charge is 0.358 e. The van der Waals surface area contributed by atoms with Gasteiger partial charge in [-0.15, -0.1) is 0 Å². The molecule has 1 aliphatic rings. The normalized spacial score (nSPS) is 15.8. The van der Waals surface area contributed by atoms with Gasteiger partial charge in [-0.3, -0.25) is 4.79 Å². The van der Waals surface area contributed by atoms with Gasteiger partial charge >= 0.3 is 0 Å². The summed E-state index contributed by atoms with van der Waals surface area (Å²) in [5.74, 6) is 0.846. The average molecular weight is 199 g/mol. The first-order chi connectivity index (χ1) is 7.25. The third-order valence-electron chi connectivity index (χ3n) is 3.08. The highest BCUT2D eigenvalue weighted by Gasteiger charge is 2.25. The lowest BCUT2D eigenvalue weighted by Gasteiger charge is -1.96. The number of rotatable bonds is 2. The molecular formula is C13H13NO. The molecule has 15 heavy (non-hydrogen) atoms. The van der Waals surface area contributed by atoms with E-state index in [9.17, 15) is 4.79 Å². The molecule has 0 atom stereocenters. The van der Waals surface area contributed by atoms with Crippen LogP contribution in [0.1, 0.15) is 41.7 Å². The average Bonchev–Trinajstić information content (AvgIpc) is 2.96. The minimum atomic E-state index is 0.141. The van der Waals surface area contributed by atoms with Gasteiger partial charge in [0.1, 0.15) is 0 Å². The van der Waals surface area contributed by atoms with Gasteiger partial charge in [-0.25, -0.2) is 0 Å². The molecule has 1 heterocycles. The molecule has 2 aromatic rings. The minimum absolute atomic E-state index is 0.141. The lowest BCUT2D eigenvalue weighted by atomic mass is 10.1. The third-order valence-corrected chi connectivity index (χ3v) is 3.08. The quantitative estimate of drug-likeness (QED) is 0.740. The van der Waals surface area contributed by atoms with E-state index in [2.05, 4.69) is 11.1 Å². The zero-order valence-corrected chi connectivity index (χ0v) is 8.71. The van der Waals surface area contributed by atoms with Crippen LogP contribution < -0.4 is 0 Å². The maximum Gasteiger partial charge on any atom is 0.160 e. The second-order valence-electron chi connectivity index (χ2n) is 4.32. The molecule has 1 aromatic carbocycles. The van der Waals surface area contributed by atoms with E-state index in [1.807, 2.05) is 18.2 Å².